The van der Waals surface area contributed by atoms with Crippen LogP contribution >= 0.6 is 0 Å². The van der Waals surface area contributed by atoms with Gasteiger partial charge in [0.25, 0.3) is 0 Å². The van der Waals surface area contributed by atoms with Crippen molar-refractivity contribution in [2.24, 2.45) is 11.8 Å². The van der Waals surface area contributed by atoms with Crippen molar-refractivity contribution in [3.8, 4) is 17.2 Å². The van der Waals surface area contributed by atoms with E-state index in [1.54, 1.807) is 6.07 Å². The summed E-state index contributed by atoms with van der Waals surface area (Å²) in [6.45, 7) is 6.38. The first-order chi connectivity index (χ1) is 17.4. The maximum atomic E-state index is 12.9. The van der Waals surface area contributed by atoms with Gasteiger partial charge in [-0.25, -0.2) is 4.98 Å². The fourth-order valence-electron chi connectivity index (χ4n) is 5.56. The van der Waals surface area contributed by atoms with Crippen molar-refractivity contribution in [1.82, 2.24) is 14.9 Å². The number of carbonyl (C=O) groups is 1. The number of nitrogens with zero attached hydrogens (tertiary/aromatic N) is 4. The van der Waals surface area contributed by atoms with Gasteiger partial charge in [0, 0.05) is 54.0 Å². The lowest BCUT2D eigenvalue weighted by molar-refractivity contribution is -0.136. The van der Waals surface area contributed by atoms with Crippen LogP contribution in [0.3, 0.4) is 0 Å². The molecular formula is C29H31N5O2. The smallest absolute Gasteiger partial charge is 0.248 e. The van der Waals surface area contributed by atoms with E-state index in [0.29, 0.717) is 42.9 Å². The summed E-state index contributed by atoms with van der Waals surface area (Å²) in [5.41, 5.74) is 4.19. The Bertz CT molecular complexity index is 1440. The summed E-state index contributed by atoms with van der Waals surface area (Å²) in [7, 11) is 0. The molecule has 2 aliphatic carbocycles. The van der Waals surface area contributed by atoms with Gasteiger partial charge in [-0.1, -0.05) is 26.0 Å². The van der Waals surface area contributed by atoms with Crippen LogP contribution in [0.4, 0.5) is 5.82 Å². The number of anilines is 1. The maximum absolute atomic E-state index is 12.9. The number of benzene rings is 1. The van der Waals surface area contributed by atoms with E-state index in [-0.39, 0.29) is 17.5 Å². The lowest BCUT2D eigenvalue weighted by Gasteiger charge is -2.44. The predicted molar refractivity (Wildman–Crippen MR) is 140 cm³/mol. The van der Waals surface area contributed by atoms with Gasteiger partial charge in [-0.3, -0.25) is 9.59 Å². The zero-order chi connectivity index (χ0) is 25.0. The molecule has 3 heterocycles. The van der Waals surface area contributed by atoms with Crippen molar-refractivity contribution in [1.29, 1.82) is 5.26 Å². The van der Waals surface area contributed by atoms with E-state index in [1.165, 1.54) is 0 Å². The molecule has 3 aliphatic rings. The zero-order valence-electron chi connectivity index (χ0n) is 20.8. The molecule has 2 saturated carbocycles. The van der Waals surface area contributed by atoms with E-state index in [2.05, 4.69) is 34.7 Å². The van der Waals surface area contributed by atoms with Crippen LogP contribution in [0.2, 0.25) is 0 Å². The monoisotopic (exact) mass is 481 g/mol. The molecule has 2 aromatic heterocycles. The van der Waals surface area contributed by atoms with Crippen LogP contribution in [0.25, 0.3) is 22.0 Å². The van der Waals surface area contributed by atoms with Crippen LogP contribution in [-0.4, -0.2) is 46.5 Å². The molecule has 1 atom stereocenters. The fraction of sp³-hybridized carbons (Fsp3) is 0.448. The number of nitrogens with one attached hydrogen (secondary N) is 1. The van der Waals surface area contributed by atoms with Gasteiger partial charge in [0.05, 0.1) is 17.3 Å². The molecule has 1 amide bonds. The molecule has 6 rings (SSSR count). The highest BCUT2D eigenvalue weighted by Crippen LogP contribution is 2.46. The highest BCUT2D eigenvalue weighted by molar-refractivity contribution is 5.95. The Morgan fingerprint density at radius 3 is 2.61 bits per heavy atom. The zero-order valence-corrected chi connectivity index (χ0v) is 20.8. The van der Waals surface area contributed by atoms with Crippen LogP contribution in [0, 0.1) is 23.2 Å². The van der Waals surface area contributed by atoms with E-state index >= 15 is 0 Å². The van der Waals surface area contributed by atoms with Gasteiger partial charge in [-0.2, -0.15) is 5.26 Å². The van der Waals surface area contributed by atoms with E-state index in [9.17, 15) is 14.9 Å². The van der Waals surface area contributed by atoms with Crippen molar-refractivity contribution < 1.29 is 4.79 Å². The average molecular weight is 482 g/mol. The normalized spacial score (nSPS) is 20.1. The Kier molecular flexibility index (Phi) is 5.55. The molecule has 1 aromatic carbocycles. The minimum absolute atomic E-state index is 0.110. The summed E-state index contributed by atoms with van der Waals surface area (Å²) >= 11 is 0. The molecule has 0 bridgehead atoms. The van der Waals surface area contributed by atoms with Crippen LogP contribution in [-0.2, 0) is 4.79 Å². The molecule has 3 aromatic rings. The Morgan fingerprint density at radius 2 is 1.92 bits per heavy atom. The molecule has 0 spiro atoms. The largest absolute Gasteiger partial charge is 0.352 e. The molecule has 1 aliphatic heterocycles. The number of aromatic nitrogens is 2. The number of aromatic amines is 1. The summed E-state index contributed by atoms with van der Waals surface area (Å²) in [4.78, 5) is 37.2. The first kappa shape index (κ1) is 22.8. The van der Waals surface area contributed by atoms with Crippen molar-refractivity contribution in [2.75, 3.05) is 24.5 Å². The minimum atomic E-state index is -0.132. The Balaban J connectivity index is 1.41. The third-order valence-electron chi connectivity index (χ3n) is 7.87. The van der Waals surface area contributed by atoms with Crippen LogP contribution in [0.1, 0.15) is 56.7 Å². The summed E-state index contributed by atoms with van der Waals surface area (Å²) < 4.78 is 0. The lowest BCUT2D eigenvalue weighted by atomic mass is 9.95. The molecule has 1 N–H and O–H groups in total. The van der Waals surface area contributed by atoms with Gasteiger partial charge in [0.1, 0.15) is 11.9 Å². The number of fused-ring (bicyclic) bond motifs is 1. The van der Waals surface area contributed by atoms with Crippen molar-refractivity contribution in [3.63, 3.8) is 0 Å². The van der Waals surface area contributed by atoms with Gasteiger partial charge < -0.3 is 14.8 Å². The van der Waals surface area contributed by atoms with Gasteiger partial charge in [0.15, 0.2) is 0 Å². The summed E-state index contributed by atoms with van der Waals surface area (Å²) in [6.07, 6.45) is 4.20. The number of amides is 1. The molecule has 184 valence electrons. The van der Waals surface area contributed by atoms with Crippen molar-refractivity contribution in [3.05, 3.63) is 58.0 Å². The molecule has 7 nitrogen and oxygen atoms in total. The maximum Gasteiger partial charge on any atom is 0.248 e. The highest BCUT2D eigenvalue weighted by Gasteiger charge is 2.40. The number of piperazine rings is 1. The minimum Gasteiger partial charge on any atom is -0.352 e. The number of hydrogen-bond donors (Lipinski definition) is 1. The summed E-state index contributed by atoms with van der Waals surface area (Å²) in [5, 5.41) is 11.1. The second-order valence-electron chi connectivity index (χ2n) is 10.8. The molecule has 1 saturated heterocycles. The molecule has 7 heteroatoms. The fourth-order valence-corrected chi connectivity index (χ4v) is 5.56. The van der Waals surface area contributed by atoms with Gasteiger partial charge in [-0.05, 0) is 55.4 Å². The Labute approximate surface area is 210 Å². The van der Waals surface area contributed by atoms with Crippen LogP contribution in [0.5, 0.6) is 0 Å². The van der Waals surface area contributed by atoms with E-state index in [1.807, 2.05) is 30.3 Å². The van der Waals surface area contributed by atoms with Gasteiger partial charge >= 0.3 is 0 Å². The number of hydrogen-bond acceptors (Lipinski definition) is 5. The van der Waals surface area contributed by atoms with E-state index in [4.69, 9.17) is 4.98 Å². The predicted octanol–water partition coefficient (Wildman–Crippen LogP) is 4.42. The van der Waals surface area contributed by atoms with Gasteiger partial charge in [-0.15, -0.1) is 0 Å². The molecule has 0 radical (unpaired) electrons. The number of H-pyrrole nitrogens is 1. The first-order valence-corrected chi connectivity index (χ1v) is 13.1. The number of nitriles is 1. The number of rotatable bonds is 5. The van der Waals surface area contributed by atoms with Gasteiger partial charge in [0.2, 0.25) is 11.5 Å². The van der Waals surface area contributed by atoms with E-state index in [0.717, 1.165) is 59.2 Å². The SMILES string of the molecule is CC(C)C1CN(c2nc(C3CC3)c(-c3cccc4[nH]c(=O)ccc34)cc2C#N)CCN1C(=O)C1CC1. The summed E-state index contributed by atoms with van der Waals surface area (Å²) in [6, 6.07) is 13.8. The first-order valence-electron chi connectivity index (χ1n) is 13.1. The highest BCUT2D eigenvalue weighted by atomic mass is 16.2. The second-order valence-corrected chi connectivity index (χ2v) is 10.8. The average Bonchev–Trinajstić information content (AvgIpc) is 3.80. The quantitative estimate of drug-likeness (QED) is 0.582. The van der Waals surface area contributed by atoms with Crippen molar-refractivity contribution >= 4 is 22.6 Å². The third kappa shape index (κ3) is 4.05. The van der Waals surface area contributed by atoms with Crippen LogP contribution < -0.4 is 10.5 Å². The number of pyridine rings is 2. The number of carbonyl (C=O) groups excluding carboxylic acids is 1. The lowest BCUT2D eigenvalue weighted by Crippen LogP contribution is -2.58. The second kappa shape index (κ2) is 8.77. The standard InChI is InChI=1S/C29H31N5O2/c1-17(2)25-16-33(12-13-34(25)29(36)19-8-9-19)28-20(15-30)14-23(27(32-28)18-6-7-18)21-4-3-5-24-22(21)10-11-26(35)31-24/h3-5,10-11,14,17-19,25H,6-9,12-13,16H2,1-2H3,(H,31,35). The molecular weight excluding hydrogens is 450 g/mol. The topological polar surface area (TPSA) is 93.1 Å². The molecule has 36 heavy (non-hydrogen) atoms. The third-order valence-corrected chi connectivity index (χ3v) is 7.87. The molecule has 1 unspecified atom stereocenters. The Morgan fingerprint density at radius 1 is 1.11 bits per heavy atom. The van der Waals surface area contributed by atoms with E-state index < -0.39 is 0 Å². The summed E-state index contributed by atoms with van der Waals surface area (Å²) in [5.74, 6) is 1.94. The molecule has 3 fully saturated rings. The van der Waals surface area contributed by atoms with Crippen molar-refractivity contribution in [2.45, 2.75) is 51.5 Å². The van der Waals surface area contributed by atoms with Crippen LogP contribution in [0.15, 0.2) is 41.2 Å². The Hall–Kier alpha value is -3.66.